The summed E-state index contributed by atoms with van der Waals surface area (Å²) in [6, 6.07) is 0. The van der Waals surface area contributed by atoms with E-state index in [4.69, 9.17) is 22.1 Å². The molecule has 1 aliphatic heterocycles. The van der Waals surface area contributed by atoms with Crippen molar-refractivity contribution in [1.29, 1.82) is 0 Å². The number of aromatic amines is 1. The predicted molar refractivity (Wildman–Crippen MR) is 70.7 cm³/mol. The molecule has 0 bridgehead atoms. The molecular weight excluding hydrogens is 292 g/mol. The number of aliphatic hydroxyl groups excluding tert-OH is 3. The van der Waals surface area contributed by atoms with Crippen LogP contribution < -0.4 is 5.56 Å². The summed E-state index contributed by atoms with van der Waals surface area (Å²) in [7, 11) is 0. The van der Waals surface area contributed by atoms with Crippen molar-refractivity contribution in [3.63, 3.8) is 0 Å². The summed E-state index contributed by atoms with van der Waals surface area (Å²) in [6.07, 6.45) is -1.07. The first-order valence-electron chi connectivity index (χ1n) is 5.51. The molecule has 7 nitrogen and oxygen atoms in total. The van der Waals surface area contributed by atoms with Gasteiger partial charge in [-0.05, 0) is 18.5 Å². The Bertz CT molecular complexity index is 572. The maximum atomic E-state index is 11.6. The minimum atomic E-state index is -1.23. The van der Waals surface area contributed by atoms with Crippen LogP contribution in [0.25, 0.3) is 0 Å². The number of nitrogens with one attached hydrogen (secondary N) is 1. The van der Waals surface area contributed by atoms with Crippen LogP contribution in [-0.2, 0) is 4.74 Å². The molecule has 1 aliphatic rings. The van der Waals surface area contributed by atoms with Gasteiger partial charge in [0.15, 0.2) is 11.0 Å². The van der Waals surface area contributed by atoms with Gasteiger partial charge in [-0.3, -0.25) is 14.3 Å². The molecule has 106 valence electrons. The molecule has 0 radical (unpaired) electrons. The molecular formula is C10H14N2O5S2. The second kappa shape index (κ2) is 5.73. The van der Waals surface area contributed by atoms with E-state index in [2.05, 4.69) is 4.98 Å². The number of rotatable bonds is 3. The topological polar surface area (TPSA) is 108 Å². The van der Waals surface area contributed by atoms with Crippen LogP contribution >= 0.6 is 24.0 Å². The zero-order valence-electron chi connectivity index (χ0n) is 10.0. The number of nitrogens with zero attached hydrogens (tertiary/aromatic N) is 1. The van der Waals surface area contributed by atoms with E-state index in [9.17, 15) is 15.0 Å². The van der Waals surface area contributed by atoms with Crippen molar-refractivity contribution in [2.75, 3.05) is 12.9 Å². The fourth-order valence-corrected chi connectivity index (χ4v) is 2.62. The number of aliphatic hydroxyl groups is 3. The quantitative estimate of drug-likeness (QED) is 0.429. The fraction of sp³-hybridized carbons (Fsp3) is 0.600. The number of thioether (sulfide) groups is 1. The van der Waals surface area contributed by atoms with E-state index < -0.39 is 31.1 Å². The summed E-state index contributed by atoms with van der Waals surface area (Å²) < 4.78 is 6.80. The molecule has 4 N–H and O–H groups in total. The summed E-state index contributed by atoms with van der Waals surface area (Å²) in [5, 5.41) is 28.7. The molecule has 0 aliphatic carbocycles. The van der Waals surface area contributed by atoms with Crippen LogP contribution in [0.4, 0.5) is 0 Å². The van der Waals surface area contributed by atoms with Gasteiger partial charge in [0.25, 0.3) is 5.56 Å². The number of H-pyrrole nitrogens is 1. The lowest BCUT2D eigenvalue weighted by Crippen LogP contribution is -2.33. The molecule has 1 aromatic rings. The highest BCUT2D eigenvalue weighted by molar-refractivity contribution is 7.98. The van der Waals surface area contributed by atoms with Crippen LogP contribution in [0.15, 0.2) is 15.9 Å². The van der Waals surface area contributed by atoms with E-state index in [0.29, 0.717) is 4.90 Å². The lowest BCUT2D eigenvalue weighted by Gasteiger charge is -2.18. The van der Waals surface area contributed by atoms with Crippen molar-refractivity contribution < 1.29 is 20.1 Å². The van der Waals surface area contributed by atoms with Crippen molar-refractivity contribution in [3.05, 3.63) is 21.3 Å². The molecule has 2 rings (SSSR count). The second-order valence-corrected chi connectivity index (χ2v) is 5.33. The van der Waals surface area contributed by atoms with Gasteiger partial charge < -0.3 is 20.1 Å². The van der Waals surface area contributed by atoms with Crippen LogP contribution in [-0.4, -0.2) is 56.0 Å². The van der Waals surface area contributed by atoms with Gasteiger partial charge >= 0.3 is 0 Å². The molecule has 0 amide bonds. The van der Waals surface area contributed by atoms with Crippen LogP contribution in [0.5, 0.6) is 0 Å². The monoisotopic (exact) mass is 306 g/mol. The van der Waals surface area contributed by atoms with Gasteiger partial charge in [-0.25, -0.2) is 0 Å². The first-order valence-corrected chi connectivity index (χ1v) is 7.14. The Labute approximate surface area is 117 Å². The highest BCUT2D eigenvalue weighted by atomic mass is 32.2. The smallest absolute Gasteiger partial charge is 0.265 e. The number of hydrogen-bond acceptors (Lipinski definition) is 7. The van der Waals surface area contributed by atoms with Crippen LogP contribution in [0.2, 0.25) is 0 Å². The maximum absolute atomic E-state index is 11.6. The Kier molecular flexibility index (Phi) is 4.43. The zero-order chi connectivity index (χ0) is 14.2. The summed E-state index contributed by atoms with van der Waals surface area (Å²) in [5.74, 6) is 0. The van der Waals surface area contributed by atoms with Crippen LogP contribution in [0.3, 0.4) is 0 Å². The minimum absolute atomic E-state index is 0.0811. The Balaban J connectivity index is 2.43. The third kappa shape index (κ3) is 2.62. The lowest BCUT2D eigenvalue weighted by atomic mass is 10.1. The Morgan fingerprint density at radius 3 is 2.74 bits per heavy atom. The largest absolute Gasteiger partial charge is 0.394 e. The molecule has 2 heterocycles. The first-order chi connectivity index (χ1) is 8.99. The molecule has 0 spiro atoms. The summed E-state index contributed by atoms with van der Waals surface area (Å²) in [5.41, 5.74) is -0.319. The SMILES string of the molecule is CSc1cn([C@@H]2O[C@H](CO)[C@@H](O)[C@H]2O)c(=S)[nH]c1=O. The van der Waals surface area contributed by atoms with E-state index in [1.165, 1.54) is 22.5 Å². The maximum Gasteiger partial charge on any atom is 0.265 e. The van der Waals surface area contributed by atoms with Gasteiger partial charge in [0.1, 0.15) is 18.3 Å². The second-order valence-electron chi connectivity index (χ2n) is 4.09. The fourth-order valence-electron chi connectivity index (χ4n) is 1.91. The summed E-state index contributed by atoms with van der Waals surface area (Å²) >= 11 is 6.24. The average Bonchev–Trinajstić information content (AvgIpc) is 2.67. The number of ether oxygens (including phenoxy) is 1. The molecule has 4 atom stereocenters. The van der Waals surface area contributed by atoms with E-state index in [1.54, 1.807) is 6.26 Å². The van der Waals surface area contributed by atoms with Crippen LogP contribution in [0, 0.1) is 4.77 Å². The minimum Gasteiger partial charge on any atom is -0.394 e. The summed E-state index contributed by atoms with van der Waals surface area (Å²) in [4.78, 5) is 14.4. The van der Waals surface area contributed by atoms with Gasteiger partial charge in [-0.15, -0.1) is 11.8 Å². The van der Waals surface area contributed by atoms with Crippen molar-refractivity contribution in [1.82, 2.24) is 9.55 Å². The van der Waals surface area contributed by atoms with Gasteiger partial charge in [-0.1, -0.05) is 0 Å². The molecule has 1 saturated heterocycles. The third-order valence-corrected chi connectivity index (χ3v) is 3.99. The molecule has 9 heteroatoms. The Hall–Kier alpha value is -0.710. The van der Waals surface area contributed by atoms with Gasteiger partial charge in [0.2, 0.25) is 0 Å². The van der Waals surface area contributed by atoms with Gasteiger partial charge in [-0.2, -0.15) is 0 Å². The van der Waals surface area contributed by atoms with E-state index >= 15 is 0 Å². The van der Waals surface area contributed by atoms with E-state index in [1.807, 2.05) is 0 Å². The Morgan fingerprint density at radius 2 is 2.21 bits per heavy atom. The van der Waals surface area contributed by atoms with Gasteiger partial charge in [0.05, 0.1) is 11.5 Å². The molecule has 1 aromatic heterocycles. The van der Waals surface area contributed by atoms with Crippen molar-refractivity contribution in [3.8, 4) is 0 Å². The number of hydrogen-bond donors (Lipinski definition) is 4. The standard InChI is InChI=1S/C10H14N2O5S2/c1-19-5-2-12(10(18)11-8(5)16)9-7(15)6(14)4(3-13)17-9/h2,4,6-7,9,13-15H,3H2,1H3,(H,11,16,18)/t4-,6-,7-,9-/m1/s1. The predicted octanol–water partition coefficient (Wildman–Crippen LogP) is -0.761. The van der Waals surface area contributed by atoms with Crippen molar-refractivity contribution in [2.24, 2.45) is 0 Å². The zero-order valence-corrected chi connectivity index (χ0v) is 11.6. The summed E-state index contributed by atoms with van der Waals surface area (Å²) in [6.45, 7) is -0.416. The van der Waals surface area contributed by atoms with Crippen LogP contribution in [0.1, 0.15) is 6.23 Å². The normalized spacial score (nSPS) is 30.7. The van der Waals surface area contributed by atoms with E-state index in [0.717, 1.165) is 0 Å². The Morgan fingerprint density at radius 1 is 1.53 bits per heavy atom. The highest BCUT2D eigenvalue weighted by Crippen LogP contribution is 2.29. The highest BCUT2D eigenvalue weighted by Gasteiger charge is 2.43. The molecule has 0 unspecified atom stereocenters. The van der Waals surface area contributed by atoms with E-state index in [-0.39, 0.29) is 10.3 Å². The molecule has 0 aromatic carbocycles. The average molecular weight is 306 g/mol. The van der Waals surface area contributed by atoms with Gasteiger partial charge in [0, 0.05) is 6.20 Å². The lowest BCUT2D eigenvalue weighted by molar-refractivity contribution is -0.0544. The van der Waals surface area contributed by atoms with Crippen molar-refractivity contribution in [2.45, 2.75) is 29.4 Å². The molecule has 0 saturated carbocycles. The third-order valence-electron chi connectivity index (χ3n) is 2.95. The molecule has 1 fully saturated rings. The molecule has 19 heavy (non-hydrogen) atoms. The first kappa shape index (κ1) is 14.7. The van der Waals surface area contributed by atoms with Crippen molar-refractivity contribution >= 4 is 24.0 Å². The number of aromatic nitrogens is 2.